The van der Waals surface area contributed by atoms with E-state index in [1.54, 1.807) is 24.3 Å². The minimum Gasteiger partial charge on any atom is -0.356 e. The quantitative estimate of drug-likeness (QED) is 0.309. The zero-order valence-electron chi connectivity index (χ0n) is 18.2. The van der Waals surface area contributed by atoms with Crippen molar-refractivity contribution in [3.8, 4) is 22.3 Å². The molecular weight excluding hydrogens is 428 g/mol. The summed E-state index contributed by atoms with van der Waals surface area (Å²) in [5.41, 5.74) is 7.74. The zero-order chi connectivity index (χ0) is 23.7. The van der Waals surface area contributed by atoms with E-state index in [2.05, 4.69) is 0 Å². The van der Waals surface area contributed by atoms with Crippen LogP contribution in [0.3, 0.4) is 0 Å². The molecule has 0 aromatic heterocycles. The van der Waals surface area contributed by atoms with Gasteiger partial charge in [-0.3, -0.25) is 4.79 Å². The van der Waals surface area contributed by atoms with Crippen LogP contribution in [0.1, 0.15) is 33.4 Å². The summed E-state index contributed by atoms with van der Waals surface area (Å²) in [6, 6.07) is 25.2. The second-order valence-corrected chi connectivity index (χ2v) is 9.09. The van der Waals surface area contributed by atoms with Crippen LogP contribution in [0.25, 0.3) is 22.3 Å². The Morgan fingerprint density at radius 1 is 0.529 bits per heavy atom. The number of carbonyl (C=O) groups is 1. The van der Waals surface area contributed by atoms with Gasteiger partial charge < -0.3 is 20.4 Å². The van der Waals surface area contributed by atoms with Gasteiger partial charge >= 0.3 is 0 Å². The highest BCUT2D eigenvalue weighted by atomic mass is 16.5. The lowest BCUT2D eigenvalue weighted by Crippen LogP contribution is -2.49. The maximum absolute atomic E-state index is 13.1. The molecule has 0 spiro atoms. The molecule has 4 aromatic carbocycles. The molecule has 0 saturated carbocycles. The first-order valence-electron chi connectivity index (χ1n) is 11.1. The number of ketones is 1. The van der Waals surface area contributed by atoms with Gasteiger partial charge in [-0.1, -0.05) is 72.8 Å². The van der Waals surface area contributed by atoms with Crippen LogP contribution in [0, 0.1) is 0 Å². The number of benzene rings is 4. The van der Waals surface area contributed by atoms with Crippen molar-refractivity contribution in [1.82, 2.24) is 0 Å². The summed E-state index contributed by atoms with van der Waals surface area (Å²) in [4.78, 5) is 13.1. The minimum atomic E-state index is -3.09. The van der Waals surface area contributed by atoms with E-state index in [1.165, 1.54) is 12.1 Å². The Bertz CT molecular complexity index is 1370. The van der Waals surface area contributed by atoms with E-state index in [-0.39, 0.29) is 11.1 Å². The molecule has 5 heteroatoms. The molecule has 0 amide bonds. The first-order chi connectivity index (χ1) is 16.3. The number of Topliss-reactive ketones (excluding diaryl/α,β-unsaturated/α-hetero) is 1. The van der Waals surface area contributed by atoms with Crippen molar-refractivity contribution in [1.29, 1.82) is 0 Å². The normalized spacial score (nSPS) is 13.8. The fourth-order valence-corrected chi connectivity index (χ4v) is 5.23. The van der Waals surface area contributed by atoms with Crippen molar-refractivity contribution in [2.75, 3.05) is 0 Å². The highest BCUT2D eigenvalue weighted by Gasteiger charge is 2.50. The van der Waals surface area contributed by atoms with Gasteiger partial charge in [0.15, 0.2) is 0 Å². The molecule has 4 aromatic rings. The van der Waals surface area contributed by atoms with Gasteiger partial charge in [-0.25, -0.2) is 0 Å². The number of hydrogen-bond acceptors (Lipinski definition) is 5. The van der Waals surface area contributed by atoms with Gasteiger partial charge in [0.2, 0.25) is 0 Å². The van der Waals surface area contributed by atoms with E-state index in [4.69, 9.17) is 0 Å². The monoisotopic (exact) mass is 450 g/mol. The van der Waals surface area contributed by atoms with E-state index in [0.717, 1.165) is 44.5 Å². The van der Waals surface area contributed by atoms with Gasteiger partial charge in [0.05, 0.1) is 0 Å². The summed E-state index contributed by atoms with van der Waals surface area (Å²) in [7, 11) is 0. The van der Waals surface area contributed by atoms with Crippen LogP contribution in [0.15, 0.2) is 84.9 Å². The Morgan fingerprint density at radius 2 is 0.912 bits per heavy atom. The predicted octanol–water partition coefficient (Wildman–Crippen LogP) is 3.37. The van der Waals surface area contributed by atoms with Gasteiger partial charge in [0, 0.05) is 11.1 Å². The third kappa shape index (κ3) is 2.99. The standard InChI is InChI=1S/C29H22O5/c30-27(28(31,32)21-9-11-25-19(15-21)13-17-5-1-3-7-23(17)25)29(33,34)22-10-12-26-20(16-22)14-18-6-2-4-8-24(18)26/h1-12,15-16,31-34H,13-14H2. The smallest absolute Gasteiger partial charge is 0.259 e. The van der Waals surface area contributed by atoms with Crippen molar-refractivity contribution >= 4 is 5.78 Å². The number of aliphatic hydroxyl groups is 4. The summed E-state index contributed by atoms with van der Waals surface area (Å²) < 4.78 is 0. The van der Waals surface area contributed by atoms with E-state index < -0.39 is 17.4 Å². The maximum atomic E-state index is 13.1. The molecular formula is C29H22O5. The summed E-state index contributed by atoms with van der Waals surface area (Å²) in [5, 5.41) is 43.3. The maximum Gasteiger partial charge on any atom is 0.259 e. The molecule has 0 bridgehead atoms. The molecule has 0 fully saturated rings. The van der Waals surface area contributed by atoms with E-state index in [1.807, 2.05) is 48.5 Å². The van der Waals surface area contributed by atoms with Crippen LogP contribution in [0.2, 0.25) is 0 Å². The third-order valence-corrected chi connectivity index (χ3v) is 7.03. The molecule has 6 rings (SSSR count). The highest BCUT2D eigenvalue weighted by molar-refractivity contribution is 5.94. The summed E-state index contributed by atoms with van der Waals surface area (Å²) >= 11 is 0. The SMILES string of the molecule is O=C(C(O)(O)c1ccc2c(c1)Cc1ccccc1-2)C(O)(O)c1ccc2c(c1)Cc1ccccc1-2. The molecule has 2 aliphatic carbocycles. The molecule has 0 aliphatic heterocycles. The fraction of sp³-hybridized carbons (Fsp3) is 0.138. The van der Waals surface area contributed by atoms with Crippen molar-refractivity contribution < 1.29 is 25.2 Å². The van der Waals surface area contributed by atoms with Crippen LogP contribution >= 0.6 is 0 Å². The number of hydrogen-bond donors (Lipinski definition) is 4. The van der Waals surface area contributed by atoms with Crippen molar-refractivity contribution in [2.45, 2.75) is 24.4 Å². The fourth-order valence-electron chi connectivity index (χ4n) is 5.23. The molecule has 0 heterocycles. The van der Waals surface area contributed by atoms with Gasteiger partial charge in [-0.05, 0) is 69.5 Å². The lowest BCUT2D eigenvalue weighted by atomic mass is 9.88. The highest BCUT2D eigenvalue weighted by Crippen LogP contribution is 2.41. The number of fused-ring (bicyclic) bond motifs is 6. The van der Waals surface area contributed by atoms with Gasteiger partial charge in [0.1, 0.15) is 0 Å². The van der Waals surface area contributed by atoms with Gasteiger partial charge in [0.25, 0.3) is 17.4 Å². The number of rotatable bonds is 4. The third-order valence-electron chi connectivity index (χ3n) is 7.03. The van der Waals surface area contributed by atoms with Crippen LogP contribution in [0.4, 0.5) is 0 Å². The van der Waals surface area contributed by atoms with Gasteiger partial charge in [-0.2, -0.15) is 0 Å². The largest absolute Gasteiger partial charge is 0.356 e. The second kappa shape index (κ2) is 7.19. The zero-order valence-corrected chi connectivity index (χ0v) is 18.2. The Morgan fingerprint density at radius 3 is 1.35 bits per heavy atom. The summed E-state index contributed by atoms with van der Waals surface area (Å²) in [6.45, 7) is 0. The lowest BCUT2D eigenvalue weighted by Gasteiger charge is -2.29. The summed E-state index contributed by atoms with van der Waals surface area (Å²) in [5.74, 6) is -7.70. The van der Waals surface area contributed by atoms with Crippen molar-refractivity contribution in [3.05, 3.63) is 118 Å². The van der Waals surface area contributed by atoms with Gasteiger partial charge in [-0.15, -0.1) is 0 Å². The molecule has 5 nitrogen and oxygen atoms in total. The molecule has 0 radical (unpaired) electrons. The van der Waals surface area contributed by atoms with Crippen LogP contribution in [-0.2, 0) is 29.2 Å². The predicted molar refractivity (Wildman–Crippen MR) is 127 cm³/mol. The second-order valence-electron chi connectivity index (χ2n) is 9.09. The molecule has 34 heavy (non-hydrogen) atoms. The van der Waals surface area contributed by atoms with Crippen LogP contribution in [0.5, 0.6) is 0 Å². The Hall–Kier alpha value is -3.61. The molecule has 2 aliphatic rings. The van der Waals surface area contributed by atoms with E-state index >= 15 is 0 Å². The minimum absolute atomic E-state index is 0.106. The van der Waals surface area contributed by atoms with Crippen molar-refractivity contribution in [2.24, 2.45) is 0 Å². The first kappa shape index (κ1) is 21.0. The Kier molecular flexibility index (Phi) is 4.43. The first-order valence-corrected chi connectivity index (χ1v) is 11.1. The van der Waals surface area contributed by atoms with Crippen LogP contribution in [-0.4, -0.2) is 26.2 Å². The molecule has 0 saturated heterocycles. The Labute approximate surface area is 196 Å². The average molecular weight is 450 g/mol. The Balaban J connectivity index is 1.33. The molecule has 4 N–H and O–H groups in total. The van der Waals surface area contributed by atoms with E-state index in [0.29, 0.717) is 12.8 Å². The number of carbonyl (C=O) groups excluding carboxylic acids is 1. The molecule has 0 atom stereocenters. The topological polar surface area (TPSA) is 98.0 Å². The molecule has 168 valence electrons. The average Bonchev–Trinajstić information content (AvgIpc) is 3.40. The molecule has 0 unspecified atom stereocenters. The van der Waals surface area contributed by atoms with Crippen LogP contribution < -0.4 is 0 Å². The van der Waals surface area contributed by atoms with E-state index in [9.17, 15) is 25.2 Å². The summed E-state index contributed by atoms with van der Waals surface area (Å²) in [6.07, 6.45) is 1.19. The van der Waals surface area contributed by atoms with Crippen molar-refractivity contribution in [3.63, 3.8) is 0 Å². The lowest BCUT2D eigenvalue weighted by molar-refractivity contribution is -0.238.